The van der Waals surface area contributed by atoms with Crippen molar-refractivity contribution in [3.63, 3.8) is 0 Å². The summed E-state index contributed by atoms with van der Waals surface area (Å²) in [6.45, 7) is 11.4. The lowest BCUT2D eigenvalue weighted by Gasteiger charge is -2.33. The first kappa shape index (κ1) is 14.9. The molecule has 0 aromatic rings. The van der Waals surface area contributed by atoms with Crippen molar-refractivity contribution in [1.29, 1.82) is 0 Å². The SMILES string of the molecule is [C-]#[N+]CC(=O)C1CCN(C(=O)CN2CCOCC2)CC1. The maximum absolute atomic E-state index is 12.2. The van der Waals surface area contributed by atoms with Crippen LogP contribution in [0.25, 0.3) is 4.85 Å². The van der Waals surface area contributed by atoms with Crippen molar-refractivity contribution in [1.82, 2.24) is 9.80 Å². The molecule has 2 heterocycles. The molecule has 0 aliphatic carbocycles. The van der Waals surface area contributed by atoms with Crippen LogP contribution in [-0.4, -0.2) is 74.0 Å². The molecule has 2 rings (SSSR count). The zero-order valence-electron chi connectivity index (χ0n) is 11.7. The molecule has 0 aromatic heterocycles. The minimum absolute atomic E-state index is 0.0214. The van der Waals surface area contributed by atoms with E-state index >= 15 is 0 Å². The van der Waals surface area contributed by atoms with E-state index in [0.717, 1.165) is 13.1 Å². The highest BCUT2D eigenvalue weighted by molar-refractivity contribution is 5.85. The van der Waals surface area contributed by atoms with Gasteiger partial charge >= 0.3 is 0 Å². The first-order chi connectivity index (χ1) is 9.70. The molecule has 0 spiro atoms. The van der Waals surface area contributed by atoms with Crippen LogP contribution >= 0.6 is 0 Å². The smallest absolute Gasteiger partial charge is 0.272 e. The Balaban J connectivity index is 1.74. The summed E-state index contributed by atoms with van der Waals surface area (Å²) in [7, 11) is 0. The Labute approximate surface area is 119 Å². The second-order valence-corrected chi connectivity index (χ2v) is 5.33. The van der Waals surface area contributed by atoms with E-state index in [2.05, 4.69) is 9.74 Å². The molecule has 0 aromatic carbocycles. The lowest BCUT2D eigenvalue weighted by Crippen LogP contribution is -2.47. The average Bonchev–Trinajstić information content (AvgIpc) is 2.48. The lowest BCUT2D eigenvalue weighted by molar-refractivity contribution is -0.136. The van der Waals surface area contributed by atoms with Gasteiger partial charge in [0.2, 0.25) is 11.7 Å². The third-order valence-corrected chi connectivity index (χ3v) is 4.00. The topological polar surface area (TPSA) is 54.2 Å². The van der Waals surface area contributed by atoms with Gasteiger partial charge in [0.1, 0.15) is 0 Å². The van der Waals surface area contributed by atoms with E-state index in [-0.39, 0.29) is 24.2 Å². The number of Topliss-reactive ketones (excluding diaryl/α,β-unsaturated/α-hetero) is 1. The Morgan fingerprint density at radius 2 is 1.80 bits per heavy atom. The molecule has 1 amide bonds. The van der Waals surface area contributed by atoms with Crippen LogP contribution in [0.15, 0.2) is 0 Å². The molecule has 0 bridgehead atoms. The molecule has 2 aliphatic heterocycles. The second-order valence-electron chi connectivity index (χ2n) is 5.33. The second kappa shape index (κ2) is 7.36. The molecule has 2 fully saturated rings. The zero-order valence-corrected chi connectivity index (χ0v) is 11.7. The number of piperidine rings is 1. The van der Waals surface area contributed by atoms with Gasteiger partial charge in [0.25, 0.3) is 6.54 Å². The number of likely N-dealkylation sites (tertiary alicyclic amines) is 1. The fourth-order valence-corrected chi connectivity index (χ4v) is 2.71. The Morgan fingerprint density at radius 3 is 2.40 bits per heavy atom. The summed E-state index contributed by atoms with van der Waals surface area (Å²) in [5.74, 6) is 0.139. The number of amides is 1. The van der Waals surface area contributed by atoms with Crippen molar-refractivity contribution in [3.05, 3.63) is 11.4 Å². The van der Waals surface area contributed by atoms with Crippen molar-refractivity contribution in [2.45, 2.75) is 12.8 Å². The monoisotopic (exact) mass is 279 g/mol. The van der Waals surface area contributed by atoms with Crippen molar-refractivity contribution in [2.24, 2.45) is 5.92 Å². The molecule has 110 valence electrons. The van der Waals surface area contributed by atoms with E-state index < -0.39 is 0 Å². The third kappa shape index (κ3) is 4.02. The highest BCUT2D eigenvalue weighted by Crippen LogP contribution is 2.18. The first-order valence-corrected chi connectivity index (χ1v) is 7.14. The van der Waals surface area contributed by atoms with Gasteiger partial charge in [-0.1, -0.05) is 0 Å². The summed E-state index contributed by atoms with van der Waals surface area (Å²) in [6, 6.07) is 0. The van der Waals surface area contributed by atoms with Gasteiger partial charge in [0.05, 0.1) is 19.8 Å². The highest BCUT2D eigenvalue weighted by Gasteiger charge is 2.29. The first-order valence-electron chi connectivity index (χ1n) is 7.14. The Kier molecular flexibility index (Phi) is 5.50. The predicted molar refractivity (Wildman–Crippen MR) is 73.0 cm³/mol. The van der Waals surface area contributed by atoms with E-state index in [9.17, 15) is 9.59 Å². The van der Waals surface area contributed by atoms with Gasteiger partial charge in [-0.05, 0) is 12.8 Å². The minimum atomic E-state index is -0.0310. The van der Waals surface area contributed by atoms with Gasteiger partial charge in [-0.3, -0.25) is 14.5 Å². The largest absolute Gasteiger partial charge is 0.379 e. The predicted octanol–water partition coefficient (Wildman–Crippen LogP) is 0.0456. The van der Waals surface area contributed by atoms with E-state index in [4.69, 9.17) is 11.3 Å². The summed E-state index contributed by atoms with van der Waals surface area (Å²) >= 11 is 0. The molecule has 20 heavy (non-hydrogen) atoms. The number of carbonyl (C=O) groups is 2. The number of carbonyl (C=O) groups excluding carboxylic acids is 2. The average molecular weight is 279 g/mol. The number of rotatable bonds is 4. The zero-order chi connectivity index (χ0) is 14.4. The lowest BCUT2D eigenvalue weighted by atomic mass is 9.92. The molecule has 2 aliphatic rings. The Hall–Kier alpha value is -1.45. The standard InChI is InChI=1S/C14H21N3O3/c1-15-10-13(18)12-2-4-17(5-3-12)14(19)11-16-6-8-20-9-7-16/h12H,2-11H2. The van der Waals surface area contributed by atoms with E-state index in [1.807, 2.05) is 4.90 Å². The molecule has 0 saturated carbocycles. The molecule has 6 nitrogen and oxygen atoms in total. The van der Waals surface area contributed by atoms with Crippen LogP contribution < -0.4 is 0 Å². The number of ether oxygens (including phenoxy) is 1. The number of hydrogen-bond acceptors (Lipinski definition) is 4. The molecular formula is C14H21N3O3. The maximum atomic E-state index is 12.2. The van der Waals surface area contributed by atoms with Crippen LogP contribution in [0.5, 0.6) is 0 Å². The Bertz CT molecular complexity index is 391. The fourth-order valence-electron chi connectivity index (χ4n) is 2.71. The molecule has 2 saturated heterocycles. The summed E-state index contributed by atoms with van der Waals surface area (Å²) in [5, 5.41) is 0. The van der Waals surface area contributed by atoms with Gasteiger partial charge < -0.3 is 14.5 Å². The van der Waals surface area contributed by atoms with Crippen molar-refractivity contribution in [2.75, 3.05) is 52.5 Å². The quantitative estimate of drug-likeness (QED) is 0.682. The highest BCUT2D eigenvalue weighted by atomic mass is 16.5. The van der Waals surface area contributed by atoms with Crippen LogP contribution in [0.3, 0.4) is 0 Å². The van der Waals surface area contributed by atoms with Gasteiger partial charge in [-0.15, -0.1) is 0 Å². The van der Waals surface area contributed by atoms with Crippen molar-refractivity contribution < 1.29 is 14.3 Å². The minimum Gasteiger partial charge on any atom is -0.379 e. The number of hydrogen-bond donors (Lipinski definition) is 0. The molecule has 0 N–H and O–H groups in total. The van der Waals surface area contributed by atoms with Crippen molar-refractivity contribution in [3.8, 4) is 0 Å². The number of nitrogens with zero attached hydrogens (tertiary/aromatic N) is 3. The summed E-state index contributed by atoms with van der Waals surface area (Å²) < 4.78 is 5.26. The normalized spacial score (nSPS) is 21.4. The van der Waals surface area contributed by atoms with Gasteiger partial charge in [0.15, 0.2) is 0 Å². The molecule has 0 atom stereocenters. The summed E-state index contributed by atoms with van der Waals surface area (Å²) in [6.07, 6.45) is 1.40. The Morgan fingerprint density at radius 1 is 1.15 bits per heavy atom. The van der Waals surface area contributed by atoms with Crippen LogP contribution in [0.2, 0.25) is 0 Å². The summed E-state index contributed by atoms with van der Waals surface area (Å²) in [5.41, 5.74) is 0. The molecule has 6 heteroatoms. The van der Waals surface area contributed by atoms with Crippen LogP contribution in [-0.2, 0) is 14.3 Å². The van der Waals surface area contributed by atoms with Crippen LogP contribution in [0, 0.1) is 12.5 Å². The number of ketones is 1. The molecule has 0 unspecified atom stereocenters. The van der Waals surface area contributed by atoms with Gasteiger partial charge in [-0.2, -0.15) is 0 Å². The van der Waals surface area contributed by atoms with Crippen LogP contribution in [0.4, 0.5) is 0 Å². The van der Waals surface area contributed by atoms with E-state index in [1.165, 1.54) is 0 Å². The summed E-state index contributed by atoms with van der Waals surface area (Å²) in [4.78, 5) is 30.9. The third-order valence-electron chi connectivity index (χ3n) is 4.00. The van der Waals surface area contributed by atoms with Gasteiger partial charge in [0, 0.05) is 32.1 Å². The van der Waals surface area contributed by atoms with E-state index in [1.54, 1.807) is 0 Å². The van der Waals surface area contributed by atoms with E-state index in [0.29, 0.717) is 45.7 Å². The van der Waals surface area contributed by atoms with Crippen molar-refractivity contribution >= 4 is 11.7 Å². The number of morpholine rings is 1. The maximum Gasteiger partial charge on any atom is 0.272 e. The van der Waals surface area contributed by atoms with Crippen LogP contribution in [0.1, 0.15) is 12.8 Å². The van der Waals surface area contributed by atoms with Gasteiger partial charge in [-0.25, -0.2) is 6.57 Å². The fraction of sp³-hybridized carbons (Fsp3) is 0.786. The molecular weight excluding hydrogens is 258 g/mol. The molecule has 0 radical (unpaired) electrons.